The zero-order chi connectivity index (χ0) is 24.7. The minimum atomic E-state index is -3.83. The molecule has 2 N–H and O–H groups in total. The summed E-state index contributed by atoms with van der Waals surface area (Å²) in [5.41, 5.74) is 1.15. The molecule has 0 aromatic heterocycles. The number of nitrogens with zero attached hydrogens (tertiary/aromatic N) is 2. The summed E-state index contributed by atoms with van der Waals surface area (Å²) in [6.45, 7) is 1.76. The van der Waals surface area contributed by atoms with Crippen LogP contribution in [0.4, 0.5) is 0 Å². The lowest BCUT2D eigenvalue weighted by Crippen LogP contribution is -2.35. The molecule has 0 spiro atoms. The summed E-state index contributed by atoms with van der Waals surface area (Å²) in [5.74, 6) is -0.336. The first-order valence-electron chi connectivity index (χ1n) is 11.3. The third-order valence-electron chi connectivity index (χ3n) is 5.82. The molecule has 2 amide bonds. The number of halogens is 1. The van der Waals surface area contributed by atoms with Crippen LogP contribution < -0.4 is 10.0 Å². The molecule has 1 unspecified atom stereocenters. The summed E-state index contributed by atoms with van der Waals surface area (Å²) < 4.78 is 28.0. The highest BCUT2D eigenvalue weighted by Gasteiger charge is 2.22. The number of likely N-dealkylation sites (tertiary alicyclic amines) is 1. The summed E-state index contributed by atoms with van der Waals surface area (Å²) in [7, 11) is 0.0214. The van der Waals surface area contributed by atoms with E-state index < -0.39 is 15.9 Å². The van der Waals surface area contributed by atoms with Gasteiger partial charge in [0.1, 0.15) is 0 Å². The highest BCUT2D eigenvalue weighted by molar-refractivity contribution is 7.89. The minimum absolute atomic E-state index is 0.0356. The Kier molecular flexibility index (Phi) is 9.07. The van der Waals surface area contributed by atoms with Crippen LogP contribution in [-0.2, 0) is 14.8 Å². The van der Waals surface area contributed by atoms with Crippen molar-refractivity contribution in [3.8, 4) is 0 Å². The van der Waals surface area contributed by atoms with Gasteiger partial charge in [-0.3, -0.25) is 9.59 Å². The van der Waals surface area contributed by atoms with Gasteiger partial charge in [-0.2, -0.15) is 0 Å². The maximum absolute atomic E-state index is 12.9. The van der Waals surface area contributed by atoms with Gasteiger partial charge in [-0.25, -0.2) is 13.1 Å². The molecule has 0 aliphatic carbocycles. The van der Waals surface area contributed by atoms with E-state index in [1.807, 2.05) is 49.3 Å². The van der Waals surface area contributed by atoms with Crippen molar-refractivity contribution in [1.29, 1.82) is 0 Å². The van der Waals surface area contributed by atoms with Gasteiger partial charge in [0.15, 0.2) is 0 Å². The molecule has 184 valence electrons. The lowest BCUT2D eigenvalue weighted by Gasteiger charge is -2.25. The van der Waals surface area contributed by atoms with Gasteiger partial charge in [-0.15, -0.1) is 0 Å². The molecule has 1 heterocycles. The molecule has 1 fully saturated rings. The molecule has 0 radical (unpaired) electrons. The molecular formula is C24H31ClN4O4S. The van der Waals surface area contributed by atoms with Crippen molar-refractivity contribution >= 4 is 33.4 Å². The molecular weight excluding hydrogens is 476 g/mol. The molecule has 8 nitrogen and oxygen atoms in total. The van der Waals surface area contributed by atoms with Gasteiger partial charge in [-0.1, -0.05) is 41.9 Å². The van der Waals surface area contributed by atoms with Gasteiger partial charge in [0.05, 0.1) is 21.5 Å². The van der Waals surface area contributed by atoms with E-state index in [2.05, 4.69) is 10.0 Å². The molecule has 0 bridgehead atoms. The number of carbonyl (C=O) groups excluding carboxylic acids is 2. The van der Waals surface area contributed by atoms with Crippen LogP contribution in [0, 0.1) is 0 Å². The normalized spacial score (nSPS) is 15.1. The van der Waals surface area contributed by atoms with Gasteiger partial charge in [-0.05, 0) is 50.7 Å². The van der Waals surface area contributed by atoms with E-state index in [9.17, 15) is 18.0 Å². The van der Waals surface area contributed by atoms with Crippen molar-refractivity contribution in [2.75, 3.05) is 40.3 Å². The SMILES string of the molecule is CN(C)C(CNC(=O)c1cc(S(=O)(=O)NCCCN2CCCC2=O)ccc1Cl)c1ccccc1. The zero-order valence-corrected chi connectivity index (χ0v) is 21.0. The Morgan fingerprint density at radius 3 is 2.56 bits per heavy atom. The highest BCUT2D eigenvalue weighted by Crippen LogP contribution is 2.22. The minimum Gasteiger partial charge on any atom is -0.350 e. The molecule has 10 heteroatoms. The third kappa shape index (κ3) is 6.79. The predicted molar refractivity (Wildman–Crippen MR) is 132 cm³/mol. The number of sulfonamides is 1. The number of hydrogen-bond donors (Lipinski definition) is 2. The van der Waals surface area contributed by atoms with Crippen molar-refractivity contribution < 1.29 is 18.0 Å². The summed E-state index contributed by atoms with van der Waals surface area (Å²) in [5, 5.41) is 3.04. The first-order valence-corrected chi connectivity index (χ1v) is 13.1. The van der Waals surface area contributed by atoms with Crippen LogP contribution in [0.2, 0.25) is 5.02 Å². The number of benzene rings is 2. The van der Waals surface area contributed by atoms with Crippen LogP contribution in [0.25, 0.3) is 0 Å². The zero-order valence-electron chi connectivity index (χ0n) is 19.5. The summed E-state index contributed by atoms with van der Waals surface area (Å²) in [6.07, 6.45) is 1.92. The van der Waals surface area contributed by atoms with Gasteiger partial charge in [0.2, 0.25) is 15.9 Å². The summed E-state index contributed by atoms with van der Waals surface area (Å²) in [6, 6.07) is 13.8. The van der Waals surface area contributed by atoms with E-state index in [0.717, 1.165) is 18.5 Å². The number of nitrogens with one attached hydrogen (secondary N) is 2. The molecule has 1 aliphatic heterocycles. The average molecular weight is 507 g/mol. The standard InChI is InChI=1S/C24H31ClN4O4S/c1-28(2)22(18-8-4-3-5-9-18)17-26-24(31)20-16-19(11-12-21(20)25)34(32,33)27-13-7-15-29-14-6-10-23(29)30/h3-5,8-9,11-12,16,22,27H,6-7,10,13-15,17H2,1-2H3,(H,26,31). The van der Waals surface area contributed by atoms with Crippen LogP contribution in [-0.4, -0.2) is 70.3 Å². The summed E-state index contributed by atoms with van der Waals surface area (Å²) >= 11 is 6.23. The van der Waals surface area contributed by atoms with Crippen molar-refractivity contribution in [1.82, 2.24) is 19.8 Å². The number of hydrogen-bond acceptors (Lipinski definition) is 5. The Morgan fingerprint density at radius 2 is 1.91 bits per heavy atom. The van der Waals surface area contributed by atoms with Crippen LogP contribution in [0.3, 0.4) is 0 Å². The van der Waals surface area contributed by atoms with E-state index in [1.165, 1.54) is 18.2 Å². The van der Waals surface area contributed by atoms with Crippen molar-refractivity contribution in [2.24, 2.45) is 0 Å². The van der Waals surface area contributed by atoms with E-state index in [-0.39, 0.29) is 34.0 Å². The quantitative estimate of drug-likeness (QED) is 0.456. The van der Waals surface area contributed by atoms with Crippen molar-refractivity contribution in [3.63, 3.8) is 0 Å². The summed E-state index contributed by atoms with van der Waals surface area (Å²) in [4.78, 5) is 28.2. The Labute approximate surface area is 206 Å². The Balaban J connectivity index is 1.62. The first kappa shape index (κ1) is 26.2. The third-order valence-corrected chi connectivity index (χ3v) is 7.61. The van der Waals surface area contributed by atoms with Gasteiger partial charge in [0, 0.05) is 32.6 Å². The van der Waals surface area contributed by atoms with E-state index in [0.29, 0.717) is 25.9 Å². The van der Waals surface area contributed by atoms with Crippen LogP contribution in [0.15, 0.2) is 53.4 Å². The lowest BCUT2D eigenvalue weighted by molar-refractivity contribution is -0.127. The topological polar surface area (TPSA) is 98.8 Å². The fourth-order valence-corrected chi connectivity index (χ4v) is 5.21. The molecule has 2 aromatic carbocycles. The molecule has 3 rings (SSSR count). The predicted octanol–water partition coefficient (Wildman–Crippen LogP) is 2.66. The number of likely N-dealkylation sites (N-methyl/N-ethyl adjacent to an activating group) is 1. The second kappa shape index (κ2) is 11.8. The highest BCUT2D eigenvalue weighted by atomic mass is 35.5. The first-order chi connectivity index (χ1) is 16.2. The molecule has 1 aliphatic rings. The molecule has 2 aromatic rings. The largest absolute Gasteiger partial charge is 0.350 e. The number of rotatable bonds is 11. The molecule has 1 atom stereocenters. The second-order valence-corrected chi connectivity index (χ2v) is 10.7. The fourth-order valence-electron chi connectivity index (χ4n) is 3.90. The van der Waals surface area contributed by atoms with Crippen molar-refractivity contribution in [2.45, 2.75) is 30.2 Å². The maximum Gasteiger partial charge on any atom is 0.252 e. The van der Waals surface area contributed by atoms with E-state index in [4.69, 9.17) is 11.6 Å². The second-order valence-electron chi connectivity index (χ2n) is 8.48. The van der Waals surface area contributed by atoms with Gasteiger partial charge < -0.3 is 15.1 Å². The maximum atomic E-state index is 12.9. The number of carbonyl (C=O) groups is 2. The monoisotopic (exact) mass is 506 g/mol. The van der Waals surface area contributed by atoms with Crippen LogP contribution >= 0.6 is 11.6 Å². The molecule has 1 saturated heterocycles. The molecule has 0 saturated carbocycles. The fraction of sp³-hybridized carbons (Fsp3) is 0.417. The lowest BCUT2D eigenvalue weighted by atomic mass is 10.1. The Bertz CT molecular complexity index is 1110. The Hall–Kier alpha value is -2.46. The van der Waals surface area contributed by atoms with E-state index >= 15 is 0 Å². The van der Waals surface area contributed by atoms with Gasteiger partial charge in [0.25, 0.3) is 5.91 Å². The Morgan fingerprint density at radius 1 is 1.18 bits per heavy atom. The van der Waals surface area contributed by atoms with Crippen molar-refractivity contribution in [3.05, 3.63) is 64.7 Å². The molecule has 34 heavy (non-hydrogen) atoms. The van der Waals surface area contributed by atoms with Crippen LogP contribution in [0.1, 0.15) is 41.2 Å². The van der Waals surface area contributed by atoms with Gasteiger partial charge >= 0.3 is 0 Å². The smallest absolute Gasteiger partial charge is 0.252 e. The number of amides is 2. The van der Waals surface area contributed by atoms with E-state index in [1.54, 1.807) is 4.90 Å². The average Bonchev–Trinajstić information content (AvgIpc) is 3.22. The van der Waals surface area contributed by atoms with Crippen LogP contribution in [0.5, 0.6) is 0 Å².